The molecule has 0 N–H and O–H groups in total. The van der Waals surface area contributed by atoms with Crippen LogP contribution >= 0.6 is 15.9 Å². The SMILES string of the molecule is COCOc1cc(C)c(C#CCCCO[C@@H]2C[C@H](OCc3ccccc3)CCN(C(=O)OC(C)(C)C)C2)c(Br)c1. The average molecular weight is 617 g/mol. The Hall–Kier alpha value is -2.57. The van der Waals surface area contributed by atoms with Crippen molar-refractivity contribution in [2.45, 2.75) is 77.8 Å². The highest BCUT2D eigenvalue weighted by atomic mass is 79.9. The zero-order valence-corrected chi connectivity index (χ0v) is 25.9. The Kier molecular flexibility index (Phi) is 12.8. The van der Waals surface area contributed by atoms with Gasteiger partial charge in [-0.15, -0.1) is 0 Å². The Morgan fingerprint density at radius 1 is 1.12 bits per heavy atom. The van der Waals surface area contributed by atoms with Crippen LogP contribution in [0.4, 0.5) is 4.79 Å². The lowest BCUT2D eigenvalue weighted by molar-refractivity contribution is -0.0221. The first-order valence-corrected chi connectivity index (χ1v) is 14.6. The van der Waals surface area contributed by atoms with Crippen molar-refractivity contribution in [1.29, 1.82) is 0 Å². The van der Waals surface area contributed by atoms with Gasteiger partial charge in [0.2, 0.25) is 0 Å². The topological polar surface area (TPSA) is 66.5 Å². The Morgan fingerprint density at radius 3 is 2.60 bits per heavy atom. The summed E-state index contributed by atoms with van der Waals surface area (Å²) in [4.78, 5) is 14.6. The highest BCUT2D eigenvalue weighted by Crippen LogP contribution is 2.26. The summed E-state index contributed by atoms with van der Waals surface area (Å²) < 4.78 is 29.6. The van der Waals surface area contributed by atoms with Gasteiger partial charge in [0.1, 0.15) is 11.4 Å². The third kappa shape index (κ3) is 11.1. The molecule has 0 spiro atoms. The number of benzene rings is 2. The van der Waals surface area contributed by atoms with Crippen molar-refractivity contribution >= 4 is 22.0 Å². The van der Waals surface area contributed by atoms with Crippen molar-refractivity contribution in [3.8, 4) is 17.6 Å². The molecule has 0 radical (unpaired) electrons. The fourth-order valence-electron chi connectivity index (χ4n) is 4.32. The fourth-order valence-corrected chi connectivity index (χ4v) is 4.96. The minimum Gasteiger partial charge on any atom is -0.468 e. The van der Waals surface area contributed by atoms with Crippen LogP contribution in [-0.4, -0.2) is 62.4 Å². The number of halogens is 1. The van der Waals surface area contributed by atoms with E-state index in [9.17, 15) is 4.79 Å². The molecule has 0 aromatic heterocycles. The molecule has 1 aliphatic heterocycles. The number of hydrogen-bond acceptors (Lipinski definition) is 6. The maximum Gasteiger partial charge on any atom is 0.410 e. The van der Waals surface area contributed by atoms with Crippen LogP contribution in [-0.2, 0) is 25.6 Å². The molecular formula is C32H42BrNO6. The first kappa shape index (κ1) is 32.0. The second kappa shape index (κ2) is 16.0. The van der Waals surface area contributed by atoms with Gasteiger partial charge in [-0.25, -0.2) is 4.79 Å². The summed E-state index contributed by atoms with van der Waals surface area (Å²) in [6, 6.07) is 14.0. The van der Waals surface area contributed by atoms with Crippen molar-refractivity contribution in [3.05, 3.63) is 63.6 Å². The number of aryl methyl sites for hydroxylation is 1. The third-order valence-electron chi connectivity index (χ3n) is 6.27. The fraction of sp³-hybridized carbons (Fsp3) is 0.531. The highest BCUT2D eigenvalue weighted by Gasteiger charge is 2.30. The smallest absolute Gasteiger partial charge is 0.410 e. The van der Waals surface area contributed by atoms with Crippen LogP contribution in [0.5, 0.6) is 5.75 Å². The van der Waals surface area contributed by atoms with E-state index in [0.29, 0.717) is 32.7 Å². The van der Waals surface area contributed by atoms with Gasteiger partial charge in [-0.05, 0) is 79.7 Å². The summed E-state index contributed by atoms with van der Waals surface area (Å²) in [7, 11) is 1.59. The first-order valence-electron chi connectivity index (χ1n) is 13.8. The van der Waals surface area contributed by atoms with Crippen molar-refractivity contribution in [2.75, 3.05) is 33.6 Å². The predicted octanol–water partition coefficient (Wildman–Crippen LogP) is 6.87. The minimum atomic E-state index is -0.549. The summed E-state index contributed by atoms with van der Waals surface area (Å²) >= 11 is 3.60. The lowest BCUT2D eigenvalue weighted by atomic mass is 10.1. The molecule has 218 valence electrons. The number of ether oxygens (including phenoxy) is 5. The van der Waals surface area contributed by atoms with E-state index in [2.05, 4.69) is 39.9 Å². The number of amides is 1. The largest absolute Gasteiger partial charge is 0.468 e. The standard InChI is InChI=1S/C32H42BrNO6/c1-24-18-27(39-23-36-5)20-30(33)29(24)14-10-7-11-17-37-28-19-26(38-22-25-12-8-6-9-13-25)15-16-34(21-28)31(35)40-32(2,3)4/h6,8-9,12-13,18,20,26,28H,7,11,15-17,19,21-23H2,1-5H3/t26-,28-/m1/s1. The molecule has 2 atom stereocenters. The lowest BCUT2D eigenvalue weighted by Crippen LogP contribution is -2.41. The lowest BCUT2D eigenvalue weighted by Gasteiger charge is -2.28. The van der Waals surface area contributed by atoms with Crippen molar-refractivity contribution in [1.82, 2.24) is 4.90 Å². The van der Waals surface area contributed by atoms with E-state index in [1.807, 2.05) is 58.0 Å². The van der Waals surface area contributed by atoms with E-state index in [1.165, 1.54) is 0 Å². The Morgan fingerprint density at radius 2 is 1.90 bits per heavy atom. The zero-order chi connectivity index (χ0) is 29.0. The molecule has 0 unspecified atom stereocenters. The van der Waals surface area contributed by atoms with Gasteiger partial charge >= 0.3 is 6.09 Å². The molecule has 0 saturated carbocycles. The Labute approximate surface area is 247 Å². The summed E-state index contributed by atoms with van der Waals surface area (Å²) in [5.41, 5.74) is 2.56. The number of methoxy groups -OCH3 is 1. The maximum atomic E-state index is 12.8. The van der Waals surface area contributed by atoms with Crippen molar-refractivity contribution in [3.63, 3.8) is 0 Å². The molecular weight excluding hydrogens is 574 g/mol. The number of rotatable bonds is 10. The molecule has 2 aromatic rings. The Bertz CT molecular complexity index is 1110. The monoisotopic (exact) mass is 615 g/mol. The normalized spacial score (nSPS) is 17.5. The molecule has 8 heteroatoms. The number of likely N-dealkylation sites (tertiary alicyclic amines) is 1. The Balaban J connectivity index is 1.54. The zero-order valence-electron chi connectivity index (χ0n) is 24.3. The van der Waals surface area contributed by atoms with E-state index in [-0.39, 0.29) is 25.1 Å². The van der Waals surface area contributed by atoms with Crippen LogP contribution in [0.25, 0.3) is 0 Å². The quantitative estimate of drug-likeness (QED) is 0.165. The first-order chi connectivity index (χ1) is 19.1. The van der Waals surface area contributed by atoms with Crippen LogP contribution < -0.4 is 4.74 Å². The van der Waals surface area contributed by atoms with Gasteiger partial charge in [0, 0.05) is 43.1 Å². The number of carbonyl (C=O) groups is 1. The van der Waals surface area contributed by atoms with Crippen LogP contribution in [0.3, 0.4) is 0 Å². The molecule has 3 rings (SSSR count). The van der Waals surface area contributed by atoms with Gasteiger partial charge in [-0.2, -0.15) is 0 Å². The molecule has 2 aromatic carbocycles. The molecule has 1 fully saturated rings. The van der Waals surface area contributed by atoms with Gasteiger partial charge in [-0.1, -0.05) is 42.2 Å². The predicted molar refractivity (Wildman–Crippen MR) is 159 cm³/mol. The van der Waals surface area contributed by atoms with Gasteiger partial charge in [0.25, 0.3) is 0 Å². The molecule has 1 saturated heterocycles. The molecule has 1 aliphatic rings. The van der Waals surface area contributed by atoms with Gasteiger partial charge in [-0.3, -0.25) is 0 Å². The number of hydrogen-bond donors (Lipinski definition) is 0. The molecule has 0 aliphatic carbocycles. The third-order valence-corrected chi connectivity index (χ3v) is 6.89. The van der Waals surface area contributed by atoms with Gasteiger partial charge in [0.05, 0.1) is 25.4 Å². The summed E-state index contributed by atoms with van der Waals surface area (Å²) in [5.74, 6) is 7.26. The molecule has 1 amide bonds. The highest BCUT2D eigenvalue weighted by molar-refractivity contribution is 9.10. The van der Waals surface area contributed by atoms with Gasteiger partial charge < -0.3 is 28.6 Å². The van der Waals surface area contributed by atoms with E-state index in [4.69, 9.17) is 23.7 Å². The van der Waals surface area contributed by atoms with Crippen LogP contribution in [0, 0.1) is 18.8 Å². The summed E-state index contributed by atoms with van der Waals surface area (Å²) in [5, 5.41) is 0. The van der Waals surface area contributed by atoms with Gasteiger partial charge in [0.15, 0.2) is 6.79 Å². The maximum absolute atomic E-state index is 12.8. The van der Waals surface area contributed by atoms with E-state index in [0.717, 1.165) is 46.2 Å². The second-order valence-electron chi connectivity index (χ2n) is 10.9. The van der Waals surface area contributed by atoms with Crippen LogP contribution in [0.1, 0.15) is 63.1 Å². The van der Waals surface area contributed by atoms with Crippen LogP contribution in [0.15, 0.2) is 46.9 Å². The van der Waals surface area contributed by atoms with E-state index in [1.54, 1.807) is 12.0 Å². The summed E-state index contributed by atoms with van der Waals surface area (Å²) in [6.07, 6.45) is 2.49. The van der Waals surface area contributed by atoms with E-state index >= 15 is 0 Å². The van der Waals surface area contributed by atoms with E-state index < -0.39 is 5.60 Å². The minimum absolute atomic E-state index is 0.00593. The molecule has 7 nitrogen and oxygen atoms in total. The number of unbranched alkanes of at least 4 members (excludes halogenated alkanes) is 1. The average Bonchev–Trinajstić information content (AvgIpc) is 3.11. The number of carbonyl (C=O) groups excluding carboxylic acids is 1. The molecule has 1 heterocycles. The second-order valence-corrected chi connectivity index (χ2v) is 11.8. The summed E-state index contributed by atoms with van der Waals surface area (Å²) in [6.45, 7) is 10.0. The molecule has 0 bridgehead atoms. The molecule has 40 heavy (non-hydrogen) atoms. The van der Waals surface area contributed by atoms with Crippen LogP contribution in [0.2, 0.25) is 0 Å². The van der Waals surface area contributed by atoms with Crippen molar-refractivity contribution < 1.29 is 28.5 Å². The number of nitrogens with zero attached hydrogens (tertiary/aromatic N) is 1. The van der Waals surface area contributed by atoms with Crippen molar-refractivity contribution in [2.24, 2.45) is 0 Å².